The van der Waals surface area contributed by atoms with Gasteiger partial charge in [-0.2, -0.15) is 8.42 Å². The molecule has 20 heavy (non-hydrogen) atoms. The topological polar surface area (TPSA) is 85.3 Å². The highest BCUT2D eigenvalue weighted by Crippen LogP contribution is 2.44. The lowest BCUT2D eigenvalue weighted by molar-refractivity contribution is -0.289. The summed E-state index contributed by atoms with van der Waals surface area (Å²) in [5.74, 6) is -1.33. The van der Waals surface area contributed by atoms with Gasteiger partial charge >= 0.3 is 0 Å². The maximum Gasteiger partial charge on any atom is 0.287 e. The van der Waals surface area contributed by atoms with Crippen LogP contribution in [-0.2, 0) is 24.3 Å². The second-order valence-electron chi connectivity index (χ2n) is 5.10. The van der Waals surface area contributed by atoms with Crippen molar-refractivity contribution in [3.63, 3.8) is 0 Å². The highest BCUT2D eigenvalue weighted by molar-refractivity contribution is 7.87. The van der Waals surface area contributed by atoms with Crippen molar-refractivity contribution in [2.45, 2.75) is 36.2 Å². The van der Waals surface area contributed by atoms with Crippen molar-refractivity contribution in [2.24, 2.45) is 0 Å². The molecule has 122 valence electrons. The fourth-order valence-electron chi connectivity index (χ4n) is 2.91. The molecule has 0 heterocycles. The fourth-order valence-corrected chi connectivity index (χ4v) is 6.48. The van der Waals surface area contributed by atoms with Crippen LogP contribution < -0.4 is 0 Å². The van der Waals surface area contributed by atoms with E-state index in [-0.39, 0.29) is 16.7 Å². The van der Waals surface area contributed by atoms with Crippen LogP contribution in [0, 0.1) is 0 Å². The first-order valence-electron chi connectivity index (χ1n) is 6.24. The van der Waals surface area contributed by atoms with Gasteiger partial charge in [-0.25, -0.2) is 0 Å². The zero-order chi connectivity index (χ0) is 16.4. The van der Waals surface area contributed by atoms with E-state index in [0.717, 1.165) is 0 Å². The van der Waals surface area contributed by atoms with Crippen LogP contribution in [0.5, 0.6) is 0 Å². The monoisotopic (exact) mass is 329 g/mol. The van der Waals surface area contributed by atoms with E-state index in [1.165, 1.54) is 26.2 Å². The van der Waals surface area contributed by atoms with Crippen LogP contribution >= 0.6 is 0 Å². The van der Waals surface area contributed by atoms with E-state index in [4.69, 9.17) is 14.2 Å². The first-order valence-corrected chi connectivity index (χ1v) is 8.68. The minimum absolute atomic E-state index is 0.110. The molecule has 9 heteroatoms. The standard InChI is InChI=1S/C11H27NO6SSi/c1-8-10(12(3)4,19(13,14)15)11(20,18-7)9(2,16-5)17-6/h8H2,1-7,20H3,(H,13,14,15). The van der Waals surface area contributed by atoms with E-state index in [9.17, 15) is 13.0 Å². The fraction of sp³-hybridized carbons (Fsp3) is 1.00. The van der Waals surface area contributed by atoms with Gasteiger partial charge in [0.15, 0.2) is 10.7 Å². The highest BCUT2D eigenvalue weighted by Gasteiger charge is 2.67. The second kappa shape index (κ2) is 6.38. The molecule has 0 spiro atoms. The smallest absolute Gasteiger partial charge is 0.287 e. The summed E-state index contributed by atoms with van der Waals surface area (Å²) in [5.41, 5.74) is 0. The van der Waals surface area contributed by atoms with Gasteiger partial charge in [0.2, 0.25) is 0 Å². The molecular formula is C11H27NO6SSi. The predicted octanol–water partition coefficient (Wildman–Crippen LogP) is -0.741. The van der Waals surface area contributed by atoms with Crippen LogP contribution in [0.2, 0.25) is 0 Å². The van der Waals surface area contributed by atoms with Crippen molar-refractivity contribution in [1.82, 2.24) is 4.90 Å². The Bertz CT molecular complexity index is 425. The molecule has 1 N–H and O–H groups in total. The SMILES string of the molecule is CCC(N(C)C)(C([SiH3])(OC)C(C)(OC)OC)S(=O)(=O)O. The molecule has 0 radical (unpaired) electrons. The number of hydrogen-bond donors (Lipinski definition) is 1. The van der Waals surface area contributed by atoms with E-state index in [1.54, 1.807) is 27.9 Å². The molecule has 2 unspecified atom stereocenters. The number of rotatable bonds is 8. The zero-order valence-electron chi connectivity index (χ0n) is 13.6. The summed E-state index contributed by atoms with van der Waals surface area (Å²) in [5, 5.41) is -1.35. The van der Waals surface area contributed by atoms with Gasteiger partial charge in [-0.1, -0.05) is 6.92 Å². The minimum Gasteiger partial charge on any atom is -0.374 e. The summed E-state index contributed by atoms with van der Waals surface area (Å²) in [6, 6.07) is 0. The minimum atomic E-state index is -4.47. The van der Waals surface area contributed by atoms with E-state index in [2.05, 4.69) is 0 Å². The summed E-state index contributed by atoms with van der Waals surface area (Å²) < 4.78 is 50.5. The van der Waals surface area contributed by atoms with Gasteiger partial charge in [0, 0.05) is 21.3 Å². The Morgan fingerprint density at radius 1 is 1.15 bits per heavy atom. The predicted molar refractivity (Wildman–Crippen MR) is 80.4 cm³/mol. The summed E-state index contributed by atoms with van der Waals surface area (Å²) in [6.07, 6.45) is 0.110. The van der Waals surface area contributed by atoms with Crippen molar-refractivity contribution in [1.29, 1.82) is 0 Å². The summed E-state index contributed by atoms with van der Waals surface area (Å²) in [7, 11) is 3.14. The Morgan fingerprint density at radius 3 is 1.70 bits per heavy atom. The van der Waals surface area contributed by atoms with Crippen molar-refractivity contribution < 1.29 is 27.2 Å². The van der Waals surface area contributed by atoms with Crippen LogP contribution in [0.25, 0.3) is 0 Å². The van der Waals surface area contributed by atoms with Crippen LogP contribution in [-0.4, -0.2) is 79.4 Å². The van der Waals surface area contributed by atoms with Crippen molar-refractivity contribution >= 4 is 20.4 Å². The maximum absolute atomic E-state index is 12.2. The van der Waals surface area contributed by atoms with E-state index in [0.29, 0.717) is 0 Å². The normalized spacial score (nSPS) is 19.9. The Morgan fingerprint density at radius 2 is 1.55 bits per heavy atom. The van der Waals surface area contributed by atoms with Crippen LogP contribution in [0.15, 0.2) is 0 Å². The van der Waals surface area contributed by atoms with Gasteiger partial charge in [0.25, 0.3) is 10.1 Å². The molecule has 0 aromatic carbocycles. The number of hydrogen-bond acceptors (Lipinski definition) is 6. The van der Waals surface area contributed by atoms with Gasteiger partial charge in [-0.3, -0.25) is 9.45 Å². The van der Waals surface area contributed by atoms with E-state index < -0.39 is 26.0 Å². The van der Waals surface area contributed by atoms with E-state index >= 15 is 0 Å². The first kappa shape index (κ1) is 20.0. The molecule has 0 saturated heterocycles. The zero-order valence-corrected chi connectivity index (χ0v) is 16.4. The van der Waals surface area contributed by atoms with Crippen molar-refractivity contribution in [3.05, 3.63) is 0 Å². The molecule has 0 bridgehead atoms. The molecule has 0 rings (SSSR count). The number of ether oxygens (including phenoxy) is 3. The Labute approximate surface area is 124 Å². The molecule has 0 aliphatic rings. The largest absolute Gasteiger partial charge is 0.374 e. The maximum atomic E-state index is 12.2. The number of likely N-dealkylation sites (N-methyl/N-ethyl adjacent to an activating group) is 1. The van der Waals surface area contributed by atoms with Gasteiger partial charge < -0.3 is 14.2 Å². The summed E-state index contributed by atoms with van der Waals surface area (Å²) >= 11 is 0. The molecule has 0 saturated carbocycles. The van der Waals surface area contributed by atoms with Crippen LogP contribution in [0.3, 0.4) is 0 Å². The third-order valence-corrected chi connectivity index (χ3v) is 8.83. The molecular weight excluding hydrogens is 302 g/mol. The molecule has 2 atom stereocenters. The Hall–Kier alpha value is -0.0331. The molecule has 0 aliphatic carbocycles. The van der Waals surface area contributed by atoms with Crippen molar-refractivity contribution in [3.8, 4) is 0 Å². The van der Waals surface area contributed by atoms with Gasteiger partial charge in [-0.15, -0.1) is 0 Å². The third-order valence-electron chi connectivity index (χ3n) is 4.43. The Kier molecular flexibility index (Phi) is 6.37. The summed E-state index contributed by atoms with van der Waals surface area (Å²) in [4.78, 5) is -0.239. The second-order valence-corrected chi connectivity index (χ2v) is 8.13. The number of methoxy groups -OCH3 is 3. The molecule has 0 amide bonds. The lowest BCUT2D eigenvalue weighted by Crippen LogP contribution is -2.76. The quantitative estimate of drug-likeness (QED) is 0.356. The molecule has 0 aromatic rings. The van der Waals surface area contributed by atoms with Crippen LogP contribution in [0.1, 0.15) is 20.3 Å². The molecule has 0 aromatic heterocycles. The van der Waals surface area contributed by atoms with Crippen molar-refractivity contribution in [2.75, 3.05) is 35.4 Å². The Balaban J connectivity index is 6.54. The molecule has 0 aliphatic heterocycles. The first-order chi connectivity index (χ1) is 8.94. The summed E-state index contributed by atoms with van der Waals surface area (Å²) in [6.45, 7) is 3.27. The van der Waals surface area contributed by atoms with Gasteiger partial charge in [0.1, 0.15) is 5.22 Å². The van der Waals surface area contributed by atoms with E-state index in [1.807, 2.05) is 0 Å². The lowest BCUT2D eigenvalue weighted by Gasteiger charge is -2.55. The lowest BCUT2D eigenvalue weighted by atomic mass is 9.97. The molecule has 0 fully saturated rings. The van der Waals surface area contributed by atoms with Gasteiger partial charge in [-0.05, 0) is 27.4 Å². The number of nitrogens with zero attached hydrogens (tertiary/aromatic N) is 1. The molecule has 7 nitrogen and oxygen atoms in total. The van der Waals surface area contributed by atoms with Gasteiger partial charge in [0.05, 0.1) is 10.2 Å². The van der Waals surface area contributed by atoms with Crippen LogP contribution in [0.4, 0.5) is 0 Å². The average molecular weight is 329 g/mol. The average Bonchev–Trinajstić information content (AvgIpc) is 2.36. The third kappa shape index (κ3) is 2.56. The highest BCUT2D eigenvalue weighted by atomic mass is 32.2.